The molecule has 0 aliphatic carbocycles. The summed E-state index contributed by atoms with van der Waals surface area (Å²) in [4.78, 5) is 22.9. The number of aromatic nitrogens is 4. The molecule has 2 N–H and O–H groups in total. The summed E-state index contributed by atoms with van der Waals surface area (Å²) in [5.41, 5.74) is 2.76. The largest absolute Gasteiger partial charge is 0.417 e. The quantitative estimate of drug-likeness (QED) is 0.561. The minimum absolute atomic E-state index is 0.0383. The summed E-state index contributed by atoms with van der Waals surface area (Å²) in [5, 5.41) is 10.7. The van der Waals surface area contributed by atoms with E-state index in [1.807, 2.05) is 44.9 Å². The average Bonchev–Trinajstić information content (AvgIpc) is 3.20. The zero-order valence-corrected chi connectivity index (χ0v) is 19.3. The Morgan fingerprint density at radius 3 is 2.62 bits per heavy atom. The smallest absolute Gasteiger partial charge is 0.364 e. The van der Waals surface area contributed by atoms with E-state index in [1.54, 1.807) is 10.9 Å². The predicted molar refractivity (Wildman–Crippen MR) is 123 cm³/mol. The number of halogens is 3. The monoisotopic (exact) mass is 473 g/mol. The minimum Gasteiger partial charge on any atom is -0.364 e. The van der Waals surface area contributed by atoms with E-state index >= 15 is 0 Å². The predicted octanol–water partition coefficient (Wildman–Crippen LogP) is 4.07. The lowest BCUT2D eigenvalue weighted by atomic mass is 9.98. The molecule has 1 aliphatic heterocycles. The molecule has 11 heteroatoms. The third-order valence-electron chi connectivity index (χ3n) is 5.75. The standard InChI is InChI=1S/C23H26F3N7O/c1-13(2)21-22(34)30-20-14(3)29-19(9-18(20)32(21)4)28-11-16-7-8-33(31-16)12-17-6-5-15(10-27-17)23(24,25)26/h5-10,13,21H,11-12H2,1-4H3,(H,28,29)(H,30,34)/t21-/m0/s1. The van der Waals surface area contributed by atoms with Crippen LogP contribution in [-0.2, 0) is 24.1 Å². The maximum absolute atomic E-state index is 12.7. The van der Waals surface area contributed by atoms with Crippen molar-refractivity contribution >= 4 is 23.1 Å². The van der Waals surface area contributed by atoms with Gasteiger partial charge >= 0.3 is 6.18 Å². The number of hydrogen-bond donors (Lipinski definition) is 2. The molecule has 34 heavy (non-hydrogen) atoms. The van der Waals surface area contributed by atoms with Crippen molar-refractivity contribution in [2.45, 2.75) is 46.1 Å². The number of alkyl halides is 3. The van der Waals surface area contributed by atoms with Crippen molar-refractivity contribution in [1.82, 2.24) is 19.7 Å². The maximum Gasteiger partial charge on any atom is 0.417 e. The van der Waals surface area contributed by atoms with E-state index in [1.165, 1.54) is 6.07 Å². The SMILES string of the molecule is Cc1nc(NCc2ccn(Cc3ccc(C(F)(F)F)cn3)n2)cc2c1NC(=O)[C@H](C(C)C)N2C. The molecular formula is C23H26F3N7O. The van der Waals surface area contributed by atoms with Crippen molar-refractivity contribution in [1.29, 1.82) is 0 Å². The van der Waals surface area contributed by atoms with E-state index in [-0.39, 0.29) is 24.4 Å². The zero-order chi connectivity index (χ0) is 24.6. The normalized spacial score (nSPS) is 15.9. The topological polar surface area (TPSA) is 88.0 Å². The second-order valence-electron chi connectivity index (χ2n) is 8.67. The molecule has 1 aliphatic rings. The van der Waals surface area contributed by atoms with Gasteiger partial charge in [0.1, 0.15) is 11.9 Å². The van der Waals surface area contributed by atoms with Crippen molar-refractivity contribution in [2.24, 2.45) is 5.92 Å². The first-order valence-corrected chi connectivity index (χ1v) is 10.9. The molecule has 4 rings (SSSR count). The highest BCUT2D eigenvalue weighted by molar-refractivity contribution is 6.04. The van der Waals surface area contributed by atoms with Gasteiger partial charge in [-0.2, -0.15) is 18.3 Å². The second kappa shape index (κ2) is 8.96. The number of rotatable bonds is 6. The van der Waals surface area contributed by atoms with Crippen LogP contribution in [0.1, 0.15) is 36.5 Å². The molecule has 0 spiro atoms. The lowest BCUT2D eigenvalue weighted by Gasteiger charge is -2.38. The maximum atomic E-state index is 12.7. The average molecular weight is 474 g/mol. The van der Waals surface area contributed by atoms with E-state index in [0.717, 1.165) is 23.6 Å². The van der Waals surface area contributed by atoms with Crippen LogP contribution in [0.3, 0.4) is 0 Å². The van der Waals surface area contributed by atoms with E-state index < -0.39 is 11.7 Å². The van der Waals surface area contributed by atoms with Gasteiger partial charge in [0, 0.05) is 25.5 Å². The number of fused-ring (bicyclic) bond motifs is 1. The van der Waals surface area contributed by atoms with Crippen molar-refractivity contribution < 1.29 is 18.0 Å². The third kappa shape index (κ3) is 4.82. The third-order valence-corrected chi connectivity index (χ3v) is 5.75. The molecule has 1 amide bonds. The van der Waals surface area contributed by atoms with Gasteiger partial charge in [-0.15, -0.1) is 0 Å². The number of likely N-dealkylation sites (N-methyl/N-ethyl adjacent to an activating group) is 1. The number of nitrogens with one attached hydrogen (secondary N) is 2. The number of carbonyl (C=O) groups is 1. The highest BCUT2D eigenvalue weighted by Gasteiger charge is 2.34. The molecule has 0 unspecified atom stereocenters. The molecule has 0 fully saturated rings. The van der Waals surface area contributed by atoms with Crippen LogP contribution < -0.4 is 15.5 Å². The van der Waals surface area contributed by atoms with Crippen LogP contribution >= 0.6 is 0 Å². The Morgan fingerprint density at radius 1 is 1.21 bits per heavy atom. The first-order valence-electron chi connectivity index (χ1n) is 10.9. The molecule has 1 atom stereocenters. The van der Waals surface area contributed by atoms with Crippen LogP contribution in [0.15, 0.2) is 36.7 Å². The van der Waals surface area contributed by atoms with Gasteiger partial charge < -0.3 is 15.5 Å². The van der Waals surface area contributed by atoms with Gasteiger partial charge in [0.15, 0.2) is 0 Å². The summed E-state index contributed by atoms with van der Waals surface area (Å²) in [6.07, 6.45) is -1.83. The lowest BCUT2D eigenvalue weighted by molar-refractivity contribution is -0.137. The molecule has 180 valence electrons. The van der Waals surface area contributed by atoms with Crippen LogP contribution in [-0.4, -0.2) is 38.7 Å². The summed E-state index contributed by atoms with van der Waals surface area (Å²) in [5.74, 6) is 0.760. The summed E-state index contributed by atoms with van der Waals surface area (Å²) < 4.78 is 39.7. The first-order chi connectivity index (χ1) is 16.0. The molecule has 8 nitrogen and oxygen atoms in total. The number of nitrogens with zero attached hydrogens (tertiary/aromatic N) is 5. The van der Waals surface area contributed by atoms with Gasteiger partial charge in [-0.3, -0.25) is 14.5 Å². The number of anilines is 3. The van der Waals surface area contributed by atoms with E-state index in [4.69, 9.17) is 0 Å². The Morgan fingerprint density at radius 2 is 1.97 bits per heavy atom. The highest BCUT2D eigenvalue weighted by atomic mass is 19.4. The Bertz CT molecular complexity index is 1190. The molecular weight excluding hydrogens is 447 g/mol. The van der Waals surface area contributed by atoms with Gasteiger partial charge in [-0.1, -0.05) is 13.8 Å². The fourth-order valence-electron chi connectivity index (χ4n) is 4.07. The molecule has 0 saturated heterocycles. The Hall–Kier alpha value is -3.63. The molecule has 3 aromatic rings. The van der Waals surface area contributed by atoms with E-state index in [0.29, 0.717) is 29.4 Å². The van der Waals surface area contributed by atoms with Crippen molar-refractivity contribution in [2.75, 3.05) is 22.6 Å². The van der Waals surface area contributed by atoms with Gasteiger partial charge in [-0.05, 0) is 31.0 Å². The van der Waals surface area contributed by atoms with Gasteiger partial charge in [-0.25, -0.2) is 4.98 Å². The minimum atomic E-state index is -4.41. The van der Waals surface area contributed by atoms with Crippen molar-refractivity contribution in [3.05, 3.63) is 59.3 Å². The first kappa shape index (κ1) is 23.5. The molecule has 3 aromatic heterocycles. The fraction of sp³-hybridized carbons (Fsp3) is 0.391. The number of carbonyl (C=O) groups excluding carboxylic acids is 1. The zero-order valence-electron chi connectivity index (χ0n) is 19.3. The van der Waals surface area contributed by atoms with Gasteiger partial charge in [0.25, 0.3) is 0 Å². The highest BCUT2D eigenvalue weighted by Crippen LogP contribution is 2.36. The fourth-order valence-corrected chi connectivity index (χ4v) is 4.07. The number of pyridine rings is 2. The second-order valence-corrected chi connectivity index (χ2v) is 8.67. The van der Waals surface area contributed by atoms with E-state index in [9.17, 15) is 18.0 Å². The van der Waals surface area contributed by atoms with Crippen LogP contribution in [0.25, 0.3) is 0 Å². The number of amides is 1. The summed E-state index contributed by atoms with van der Waals surface area (Å²) in [6.45, 7) is 6.53. The molecule has 0 radical (unpaired) electrons. The van der Waals surface area contributed by atoms with Crippen LogP contribution in [0.4, 0.5) is 30.4 Å². The number of aryl methyl sites for hydroxylation is 1. The molecule has 0 saturated carbocycles. The van der Waals surface area contributed by atoms with Crippen molar-refractivity contribution in [3.63, 3.8) is 0 Å². The Labute approximate surface area is 195 Å². The molecule has 4 heterocycles. The summed E-state index contributed by atoms with van der Waals surface area (Å²) >= 11 is 0. The van der Waals surface area contributed by atoms with Crippen LogP contribution in [0.2, 0.25) is 0 Å². The van der Waals surface area contributed by atoms with E-state index in [2.05, 4.69) is 25.7 Å². The Kier molecular flexibility index (Phi) is 6.20. The van der Waals surface area contributed by atoms with Crippen LogP contribution in [0.5, 0.6) is 0 Å². The van der Waals surface area contributed by atoms with Crippen molar-refractivity contribution in [3.8, 4) is 0 Å². The van der Waals surface area contributed by atoms with Crippen LogP contribution in [0, 0.1) is 12.8 Å². The van der Waals surface area contributed by atoms with Gasteiger partial charge in [0.2, 0.25) is 5.91 Å². The number of hydrogen-bond acceptors (Lipinski definition) is 6. The lowest BCUT2D eigenvalue weighted by Crippen LogP contribution is -2.49. The molecule has 0 bridgehead atoms. The summed E-state index contributed by atoms with van der Waals surface area (Å²) in [7, 11) is 1.91. The molecule has 0 aromatic carbocycles. The van der Waals surface area contributed by atoms with Gasteiger partial charge in [0.05, 0.1) is 47.1 Å². The summed E-state index contributed by atoms with van der Waals surface area (Å²) in [6, 6.07) is 5.82. The Balaban J connectivity index is 1.43.